The number of amides is 2. The first-order chi connectivity index (χ1) is 13.9. The molecule has 2 N–H and O–H groups in total. The van der Waals surface area contributed by atoms with Crippen molar-refractivity contribution in [3.8, 4) is 11.3 Å². The van der Waals surface area contributed by atoms with Gasteiger partial charge in [0.1, 0.15) is 11.5 Å². The van der Waals surface area contributed by atoms with Gasteiger partial charge in [-0.15, -0.1) is 11.3 Å². The molecule has 2 heterocycles. The lowest BCUT2D eigenvalue weighted by molar-refractivity contribution is -0.115. The number of nitrogens with zero attached hydrogens (tertiary/aromatic N) is 1. The van der Waals surface area contributed by atoms with E-state index in [4.69, 9.17) is 4.42 Å². The Morgan fingerprint density at radius 2 is 1.86 bits per heavy atom. The predicted octanol–water partition coefficient (Wildman–Crippen LogP) is 4.65. The third-order valence-corrected chi connectivity index (χ3v) is 5.39. The molecule has 6 nitrogen and oxygen atoms in total. The molecule has 2 aromatic heterocycles. The molecular formula is C22H25N3O3S. The van der Waals surface area contributed by atoms with Crippen molar-refractivity contribution in [3.63, 3.8) is 0 Å². The van der Waals surface area contributed by atoms with Crippen LogP contribution in [0.3, 0.4) is 0 Å². The first kappa shape index (κ1) is 20.8. The molecule has 0 aliphatic rings. The van der Waals surface area contributed by atoms with E-state index < -0.39 is 0 Å². The van der Waals surface area contributed by atoms with E-state index in [1.54, 1.807) is 19.9 Å². The van der Waals surface area contributed by atoms with Crippen molar-refractivity contribution < 1.29 is 14.0 Å². The van der Waals surface area contributed by atoms with Gasteiger partial charge in [-0.3, -0.25) is 9.59 Å². The Bertz CT molecular complexity index is 1020. The third kappa shape index (κ3) is 5.12. The smallest absolute Gasteiger partial charge is 0.255 e. The number of aromatic nitrogens is 1. The van der Waals surface area contributed by atoms with Crippen LogP contribution in [-0.2, 0) is 11.2 Å². The van der Waals surface area contributed by atoms with Gasteiger partial charge in [0.25, 0.3) is 5.91 Å². The monoisotopic (exact) mass is 411 g/mol. The zero-order valence-electron chi connectivity index (χ0n) is 17.1. The highest BCUT2D eigenvalue weighted by Crippen LogP contribution is 2.30. The van der Waals surface area contributed by atoms with Crippen molar-refractivity contribution in [1.29, 1.82) is 0 Å². The van der Waals surface area contributed by atoms with Gasteiger partial charge in [-0.25, -0.2) is 4.98 Å². The van der Waals surface area contributed by atoms with Crippen LogP contribution in [0.5, 0.6) is 0 Å². The molecule has 3 aromatic rings. The van der Waals surface area contributed by atoms with Gasteiger partial charge in [0, 0.05) is 10.4 Å². The second-order valence-electron chi connectivity index (χ2n) is 6.93. The lowest BCUT2D eigenvalue weighted by Crippen LogP contribution is -2.32. The van der Waals surface area contributed by atoms with Crippen LogP contribution >= 0.6 is 11.3 Å². The average Bonchev–Trinajstić information content (AvgIpc) is 3.21. The molecule has 3 rings (SSSR count). The molecule has 0 atom stereocenters. The van der Waals surface area contributed by atoms with Crippen molar-refractivity contribution in [2.24, 2.45) is 0 Å². The highest BCUT2D eigenvalue weighted by molar-refractivity contribution is 7.16. The summed E-state index contributed by atoms with van der Waals surface area (Å²) in [5.41, 5.74) is 3.63. The van der Waals surface area contributed by atoms with Crippen LogP contribution in [-0.4, -0.2) is 23.3 Å². The molecule has 0 unspecified atom stereocenters. The number of furan rings is 1. The molecule has 7 heteroatoms. The van der Waals surface area contributed by atoms with Crippen LogP contribution in [0.15, 0.2) is 34.7 Å². The number of nitrogens with one attached hydrogen (secondary N) is 2. The topological polar surface area (TPSA) is 84.2 Å². The van der Waals surface area contributed by atoms with Crippen LogP contribution in [0.2, 0.25) is 0 Å². The van der Waals surface area contributed by atoms with E-state index in [-0.39, 0.29) is 18.4 Å². The van der Waals surface area contributed by atoms with E-state index in [1.165, 1.54) is 16.9 Å². The molecule has 0 aliphatic heterocycles. The summed E-state index contributed by atoms with van der Waals surface area (Å²) in [5.74, 6) is 0.531. The Balaban J connectivity index is 1.60. The molecule has 0 spiro atoms. The molecule has 0 fully saturated rings. The fraction of sp³-hybridized carbons (Fsp3) is 0.318. The number of thiazole rings is 1. The third-order valence-electron chi connectivity index (χ3n) is 4.50. The number of carbonyl (C=O) groups is 2. The maximum absolute atomic E-state index is 12.2. The quantitative estimate of drug-likeness (QED) is 0.593. The maximum Gasteiger partial charge on any atom is 0.255 e. The first-order valence-corrected chi connectivity index (χ1v) is 10.4. The predicted molar refractivity (Wildman–Crippen MR) is 115 cm³/mol. The zero-order valence-corrected chi connectivity index (χ0v) is 17.9. The number of anilines is 1. The minimum Gasteiger partial charge on any atom is -0.466 e. The molecular weight excluding hydrogens is 386 g/mol. The van der Waals surface area contributed by atoms with E-state index in [9.17, 15) is 9.59 Å². The van der Waals surface area contributed by atoms with E-state index in [2.05, 4.69) is 46.8 Å². The SMILES string of the molecule is CCCc1ccc(-c2nc(NC(=O)CNC(=O)c3cc(C)oc3C)sc2C)cc1. The summed E-state index contributed by atoms with van der Waals surface area (Å²) in [4.78, 5) is 30.0. The average molecular weight is 412 g/mol. The zero-order chi connectivity index (χ0) is 21.0. The van der Waals surface area contributed by atoms with Crippen molar-refractivity contribution in [2.45, 2.75) is 40.5 Å². The molecule has 0 radical (unpaired) electrons. The van der Waals surface area contributed by atoms with Crippen molar-refractivity contribution >= 4 is 28.3 Å². The van der Waals surface area contributed by atoms with E-state index in [0.717, 1.165) is 29.0 Å². The van der Waals surface area contributed by atoms with Crippen LogP contribution in [0.4, 0.5) is 5.13 Å². The number of rotatable bonds is 7. The molecule has 0 aliphatic carbocycles. The fourth-order valence-electron chi connectivity index (χ4n) is 3.11. The molecule has 1 aromatic carbocycles. The van der Waals surface area contributed by atoms with Gasteiger partial charge in [-0.2, -0.15) is 0 Å². The molecule has 152 valence electrons. The van der Waals surface area contributed by atoms with Crippen LogP contribution in [0.1, 0.15) is 45.7 Å². The second-order valence-corrected chi connectivity index (χ2v) is 8.13. The Morgan fingerprint density at radius 1 is 1.14 bits per heavy atom. The summed E-state index contributed by atoms with van der Waals surface area (Å²) in [7, 11) is 0. The Labute approximate surface area is 174 Å². The maximum atomic E-state index is 12.2. The summed E-state index contributed by atoms with van der Waals surface area (Å²) in [5, 5.41) is 5.89. The van der Waals surface area contributed by atoms with E-state index in [1.807, 2.05) is 6.92 Å². The summed E-state index contributed by atoms with van der Waals surface area (Å²) >= 11 is 1.42. The highest BCUT2D eigenvalue weighted by Gasteiger charge is 2.16. The van der Waals surface area contributed by atoms with Gasteiger partial charge in [0.15, 0.2) is 5.13 Å². The summed E-state index contributed by atoms with van der Waals surface area (Å²) in [6, 6.07) is 10.0. The van der Waals surface area contributed by atoms with Crippen molar-refractivity contribution in [3.05, 3.63) is 57.9 Å². The fourth-order valence-corrected chi connectivity index (χ4v) is 3.96. The van der Waals surface area contributed by atoms with Crippen LogP contribution in [0, 0.1) is 20.8 Å². The summed E-state index contributed by atoms with van der Waals surface area (Å²) < 4.78 is 5.35. The first-order valence-electron chi connectivity index (χ1n) is 9.59. The molecule has 0 saturated carbocycles. The Kier molecular flexibility index (Phi) is 6.49. The van der Waals surface area contributed by atoms with Crippen LogP contribution < -0.4 is 10.6 Å². The Morgan fingerprint density at radius 3 is 2.48 bits per heavy atom. The lowest BCUT2D eigenvalue weighted by Gasteiger charge is -2.04. The van der Waals surface area contributed by atoms with Crippen molar-refractivity contribution in [2.75, 3.05) is 11.9 Å². The summed E-state index contributed by atoms with van der Waals surface area (Å²) in [6.45, 7) is 7.50. The minimum absolute atomic E-state index is 0.137. The lowest BCUT2D eigenvalue weighted by atomic mass is 10.1. The van der Waals surface area contributed by atoms with E-state index >= 15 is 0 Å². The normalized spacial score (nSPS) is 10.8. The molecule has 0 bridgehead atoms. The minimum atomic E-state index is -0.335. The second kappa shape index (κ2) is 9.05. The van der Waals surface area contributed by atoms with Gasteiger partial charge >= 0.3 is 0 Å². The molecule has 29 heavy (non-hydrogen) atoms. The van der Waals surface area contributed by atoms with Crippen LogP contribution in [0.25, 0.3) is 11.3 Å². The number of aryl methyl sites for hydroxylation is 4. The van der Waals surface area contributed by atoms with E-state index in [0.29, 0.717) is 22.2 Å². The number of carbonyl (C=O) groups excluding carboxylic acids is 2. The standard InChI is InChI=1S/C22H25N3O3S/c1-5-6-16-7-9-17(10-8-16)20-15(4)29-22(25-20)24-19(26)12-23-21(27)18-11-13(2)28-14(18)3/h7-11H,5-6,12H2,1-4H3,(H,23,27)(H,24,25,26). The molecule has 2 amide bonds. The van der Waals surface area contributed by atoms with Gasteiger partial charge in [-0.1, -0.05) is 37.6 Å². The summed E-state index contributed by atoms with van der Waals surface area (Å²) in [6.07, 6.45) is 2.17. The van der Waals surface area contributed by atoms with Gasteiger partial charge < -0.3 is 15.1 Å². The number of hydrogen-bond donors (Lipinski definition) is 2. The van der Waals surface area contributed by atoms with Gasteiger partial charge in [0.05, 0.1) is 17.8 Å². The highest BCUT2D eigenvalue weighted by atomic mass is 32.1. The number of benzene rings is 1. The largest absolute Gasteiger partial charge is 0.466 e. The van der Waals surface area contributed by atoms with Crippen molar-refractivity contribution in [1.82, 2.24) is 10.3 Å². The van der Waals surface area contributed by atoms with Gasteiger partial charge in [-0.05, 0) is 38.8 Å². The molecule has 0 saturated heterocycles. The van der Waals surface area contributed by atoms with Gasteiger partial charge in [0.2, 0.25) is 5.91 Å². The number of hydrogen-bond acceptors (Lipinski definition) is 5. The Hall–Kier alpha value is -2.93.